The summed E-state index contributed by atoms with van der Waals surface area (Å²) in [6.45, 7) is 0.691. The molecule has 2 aromatic rings. The normalized spacial score (nSPS) is 12.7. The van der Waals surface area contributed by atoms with Crippen LogP contribution in [0.5, 0.6) is 5.75 Å². The Morgan fingerprint density at radius 3 is 2.89 bits per heavy atom. The molecule has 0 N–H and O–H groups in total. The number of para-hydroxylation sites is 1. The molecule has 19 heavy (non-hydrogen) atoms. The molecule has 1 aliphatic heterocycles. The Balaban J connectivity index is 2.22. The summed E-state index contributed by atoms with van der Waals surface area (Å²) in [4.78, 5) is 25.0. The van der Waals surface area contributed by atoms with Crippen molar-refractivity contribution in [1.82, 2.24) is 9.47 Å². The molecule has 98 valence electrons. The monoisotopic (exact) mass is 258 g/mol. The number of hydrogen-bond acceptors (Lipinski definition) is 3. The van der Waals surface area contributed by atoms with Crippen molar-refractivity contribution in [2.45, 2.75) is 13.0 Å². The number of aryl methyl sites for hydroxylation is 2. The summed E-state index contributed by atoms with van der Waals surface area (Å²) in [7, 11) is 3.21. The Hall–Kier alpha value is -2.30. The van der Waals surface area contributed by atoms with E-state index in [-0.39, 0.29) is 5.56 Å². The molecule has 1 aromatic carbocycles. The molecule has 0 radical (unpaired) electrons. The maximum absolute atomic E-state index is 12.0. The molecule has 3 rings (SSSR count). The highest BCUT2D eigenvalue weighted by molar-refractivity contribution is 5.90. The smallest absolute Gasteiger partial charge is 0.409 e. The number of rotatable bonds is 1. The molecule has 0 atom stereocenters. The molecule has 5 heteroatoms. The molecule has 1 aliphatic rings. The van der Waals surface area contributed by atoms with Crippen LogP contribution in [0.2, 0.25) is 0 Å². The molecule has 0 bridgehead atoms. The Morgan fingerprint density at radius 1 is 1.37 bits per heavy atom. The fraction of sp³-hybridized carbons (Fsp3) is 0.286. The minimum absolute atomic E-state index is 0.126. The highest BCUT2D eigenvalue weighted by Gasteiger charge is 2.19. The van der Waals surface area contributed by atoms with Gasteiger partial charge in [-0.1, -0.05) is 12.1 Å². The van der Waals surface area contributed by atoms with Crippen molar-refractivity contribution >= 4 is 17.0 Å². The number of pyridine rings is 1. The lowest BCUT2D eigenvalue weighted by Gasteiger charge is -2.13. The summed E-state index contributed by atoms with van der Waals surface area (Å²) in [6.07, 6.45) is 0.362. The van der Waals surface area contributed by atoms with Crippen molar-refractivity contribution in [3.05, 3.63) is 40.2 Å². The van der Waals surface area contributed by atoms with Crippen LogP contribution in [0.4, 0.5) is 4.79 Å². The van der Waals surface area contributed by atoms with Gasteiger partial charge in [0.05, 0.1) is 5.52 Å². The van der Waals surface area contributed by atoms with Gasteiger partial charge < -0.3 is 14.2 Å². The second-order valence-corrected chi connectivity index (χ2v) is 4.82. The van der Waals surface area contributed by atoms with Crippen LogP contribution in [0.3, 0.4) is 0 Å². The van der Waals surface area contributed by atoms with E-state index in [1.807, 2.05) is 18.2 Å². The largest absolute Gasteiger partial charge is 0.414 e. The third kappa shape index (κ3) is 1.78. The van der Waals surface area contributed by atoms with Gasteiger partial charge in [-0.15, -0.1) is 0 Å². The van der Waals surface area contributed by atoms with E-state index in [4.69, 9.17) is 4.74 Å². The molecule has 2 heterocycles. The summed E-state index contributed by atoms with van der Waals surface area (Å²) in [6, 6.07) is 7.19. The molecule has 5 nitrogen and oxygen atoms in total. The zero-order valence-corrected chi connectivity index (χ0v) is 10.8. The van der Waals surface area contributed by atoms with Gasteiger partial charge in [0.25, 0.3) is 5.56 Å². The van der Waals surface area contributed by atoms with Gasteiger partial charge in [0.2, 0.25) is 0 Å². The van der Waals surface area contributed by atoms with Gasteiger partial charge in [0.1, 0.15) is 5.75 Å². The number of aromatic nitrogens is 1. The predicted molar refractivity (Wildman–Crippen MR) is 71.6 cm³/mol. The number of amides is 1. The van der Waals surface area contributed by atoms with E-state index in [0.29, 0.717) is 12.3 Å². The number of benzene rings is 1. The third-order valence-electron chi connectivity index (χ3n) is 3.34. The maximum Gasteiger partial charge on any atom is 0.414 e. The number of ether oxygens (including phenoxy) is 1. The SMILES string of the molecule is CN(C)C(=O)Oc1cc(=O)n2c3c(cccc13)CC2. The fourth-order valence-corrected chi connectivity index (χ4v) is 2.41. The van der Waals surface area contributed by atoms with Crippen molar-refractivity contribution in [2.75, 3.05) is 14.1 Å². The summed E-state index contributed by atoms with van der Waals surface area (Å²) in [5.74, 6) is 0.332. The summed E-state index contributed by atoms with van der Waals surface area (Å²) >= 11 is 0. The van der Waals surface area contributed by atoms with Crippen LogP contribution in [-0.4, -0.2) is 29.7 Å². The Labute approximate surface area is 110 Å². The Bertz CT molecular complexity index is 731. The fourth-order valence-electron chi connectivity index (χ4n) is 2.41. The predicted octanol–water partition coefficient (Wildman–Crippen LogP) is 1.62. The molecule has 0 fully saturated rings. The van der Waals surface area contributed by atoms with Crippen LogP contribution in [0, 0.1) is 0 Å². The van der Waals surface area contributed by atoms with E-state index in [2.05, 4.69) is 0 Å². The number of hydrogen-bond donors (Lipinski definition) is 0. The van der Waals surface area contributed by atoms with Crippen molar-refractivity contribution < 1.29 is 9.53 Å². The maximum atomic E-state index is 12.0. The van der Waals surface area contributed by atoms with Crippen LogP contribution in [0.25, 0.3) is 10.9 Å². The first kappa shape index (κ1) is 11.8. The number of carbonyl (C=O) groups excluding carboxylic acids is 1. The van der Waals surface area contributed by atoms with Crippen LogP contribution in [0.1, 0.15) is 5.56 Å². The molecular formula is C14H14N2O3. The summed E-state index contributed by atoms with van der Waals surface area (Å²) in [5, 5.41) is 0.810. The van der Waals surface area contributed by atoms with Crippen LogP contribution < -0.4 is 10.3 Å². The first-order valence-electron chi connectivity index (χ1n) is 6.12. The zero-order valence-electron chi connectivity index (χ0n) is 10.8. The Kier molecular flexibility index (Phi) is 2.55. The zero-order chi connectivity index (χ0) is 13.6. The lowest BCUT2D eigenvalue weighted by molar-refractivity contribution is 0.172. The molecule has 0 saturated carbocycles. The molecule has 0 saturated heterocycles. The van der Waals surface area contributed by atoms with Crippen LogP contribution in [0.15, 0.2) is 29.1 Å². The van der Waals surface area contributed by atoms with E-state index in [1.54, 1.807) is 18.7 Å². The van der Waals surface area contributed by atoms with E-state index in [9.17, 15) is 9.59 Å². The van der Waals surface area contributed by atoms with Crippen molar-refractivity contribution in [3.8, 4) is 5.75 Å². The van der Waals surface area contributed by atoms with E-state index >= 15 is 0 Å². The number of carbonyl (C=O) groups is 1. The van der Waals surface area contributed by atoms with Crippen molar-refractivity contribution in [3.63, 3.8) is 0 Å². The second kappa shape index (κ2) is 4.12. The van der Waals surface area contributed by atoms with Crippen LogP contribution in [-0.2, 0) is 13.0 Å². The summed E-state index contributed by atoms with van der Waals surface area (Å²) < 4.78 is 7.02. The van der Waals surface area contributed by atoms with Gasteiger partial charge in [-0.3, -0.25) is 4.79 Å². The van der Waals surface area contributed by atoms with Gasteiger partial charge >= 0.3 is 6.09 Å². The average Bonchev–Trinajstić information content (AvgIpc) is 2.80. The lowest BCUT2D eigenvalue weighted by Crippen LogP contribution is -2.26. The molecule has 0 unspecified atom stereocenters. The van der Waals surface area contributed by atoms with Gasteiger partial charge in [-0.25, -0.2) is 4.79 Å². The average molecular weight is 258 g/mol. The molecule has 0 spiro atoms. The van der Waals surface area contributed by atoms with Crippen molar-refractivity contribution in [2.24, 2.45) is 0 Å². The van der Waals surface area contributed by atoms with Gasteiger partial charge in [0.15, 0.2) is 0 Å². The van der Waals surface area contributed by atoms with E-state index in [1.165, 1.54) is 11.0 Å². The first-order chi connectivity index (χ1) is 9.08. The van der Waals surface area contributed by atoms with Gasteiger partial charge in [-0.2, -0.15) is 0 Å². The van der Waals surface area contributed by atoms with Crippen LogP contribution >= 0.6 is 0 Å². The van der Waals surface area contributed by atoms with E-state index in [0.717, 1.165) is 22.9 Å². The number of nitrogens with zero attached hydrogens (tertiary/aromatic N) is 2. The van der Waals surface area contributed by atoms with Gasteiger partial charge in [-0.05, 0) is 18.1 Å². The second-order valence-electron chi connectivity index (χ2n) is 4.82. The quantitative estimate of drug-likeness (QED) is 0.781. The minimum atomic E-state index is -0.483. The first-order valence-corrected chi connectivity index (χ1v) is 6.12. The van der Waals surface area contributed by atoms with Crippen molar-refractivity contribution in [1.29, 1.82) is 0 Å². The molecule has 0 aliphatic carbocycles. The molecular weight excluding hydrogens is 244 g/mol. The molecule has 1 amide bonds. The van der Waals surface area contributed by atoms with Gasteiger partial charge in [0, 0.05) is 32.1 Å². The lowest BCUT2D eigenvalue weighted by atomic mass is 10.1. The highest BCUT2D eigenvalue weighted by Crippen LogP contribution is 2.30. The van der Waals surface area contributed by atoms with E-state index < -0.39 is 6.09 Å². The summed E-state index contributed by atoms with van der Waals surface area (Å²) in [5.41, 5.74) is 1.88. The third-order valence-corrected chi connectivity index (χ3v) is 3.34. The minimum Gasteiger partial charge on any atom is -0.409 e. The molecule has 1 aromatic heterocycles. The topological polar surface area (TPSA) is 51.5 Å². The standard InChI is InChI=1S/C14H14N2O3/c1-15(2)14(18)19-11-8-12(17)16-7-6-9-4-3-5-10(11)13(9)16/h3-5,8H,6-7H2,1-2H3. The highest BCUT2D eigenvalue weighted by atomic mass is 16.6. The Morgan fingerprint density at radius 2 is 2.16 bits per heavy atom.